The molecule has 1 aromatic carbocycles. The van der Waals surface area contributed by atoms with E-state index in [1.165, 1.54) is 0 Å². The van der Waals surface area contributed by atoms with Crippen molar-refractivity contribution in [2.75, 3.05) is 13.6 Å². The Morgan fingerprint density at radius 1 is 1.44 bits per heavy atom. The van der Waals surface area contributed by atoms with E-state index in [1.807, 2.05) is 19.2 Å². The average Bonchev–Trinajstić information content (AvgIpc) is 2.25. The summed E-state index contributed by atoms with van der Waals surface area (Å²) in [4.78, 5) is 10.9. The molecule has 0 spiro atoms. The van der Waals surface area contributed by atoms with Crippen molar-refractivity contribution in [2.45, 2.75) is 19.8 Å². The predicted molar refractivity (Wildman–Crippen MR) is 64.9 cm³/mol. The van der Waals surface area contributed by atoms with Gasteiger partial charge in [-0.3, -0.25) is 0 Å². The van der Waals surface area contributed by atoms with Gasteiger partial charge in [0, 0.05) is 6.54 Å². The van der Waals surface area contributed by atoms with Crippen molar-refractivity contribution in [1.82, 2.24) is 5.32 Å². The fourth-order valence-corrected chi connectivity index (χ4v) is 1.86. The van der Waals surface area contributed by atoms with Crippen LogP contribution in [0.15, 0.2) is 24.3 Å². The summed E-state index contributed by atoms with van der Waals surface area (Å²) in [5.74, 6) is -0.0328. The third kappa shape index (κ3) is 3.07. The Labute approximate surface area is 96.5 Å². The monoisotopic (exact) mass is 221 g/mol. The molecule has 0 amide bonds. The van der Waals surface area contributed by atoms with Crippen molar-refractivity contribution in [1.29, 1.82) is 0 Å². The smallest absolute Gasteiger partial charge is 0.335 e. The SMILES string of the molecule is CNCC(c1cccc(C(=O)O)c1)C(C)C. The van der Waals surface area contributed by atoms with E-state index in [1.54, 1.807) is 12.1 Å². The topological polar surface area (TPSA) is 49.3 Å². The maximum Gasteiger partial charge on any atom is 0.335 e. The summed E-state index contributed by atoms with van der Waals surface area (Å²) in [6.07, 6.45) is 0. The van der Waals surface area contributed by atoms with Crippen molar-refractivity contribution in [2.24, 2.45) is 5.92 Å². The van der Waals surface area contributed by atoms with Crippen LogP contribution in [0, 0.1) is 5.92 Å². The number of carboxylic acids is 1. The van der Waals surface area contributed by atoms with Crippen molar-refractivity contribution in [3.8, 4) is 0 Å². The molecule has 1 unspecified atom stereocenters. The van der Waals surface area contributed by atoms with Crippen LogP contribution < -0.4 is 5.32 Å². The molecule has 0 bridgehead atoms. The summed E-state index contributed by atoms with van der Waals surface area (Å²) in [6.45, 7) is 5.16. The minimum atomic E-state index is -0.867. The molecule has 2 N–H and O–H groups in total. The van der Waals surface area contributed by atoms with Crippen LogP contribution in [-0.4, -0.2) is 24.7 Å². The summed E-state index contributed by atoms with van der Waals surface area (Å²) in [5.41, 5.74) is 1.45. The van der Waals surface area contributed by atoms with E-state index in [4.69, 9.17) is 5.11 Å². The molecule has 0 aliphatic rings. The van der Waals surface area contributed by atoms with Crippen LogP contribution in [0.25, 0.3) is 0 Å². The standard InChI is InChI=1S/C13H19NO2/c1-9(2)12(8-14-3)10-5-4-6-11(7-10)13(15)16/h4-7,9,12,14H,8H2,1-3H3,(H,15,16). The van der Waals surface area contributed by atoms with Crippen molar-refractivity contribution < 1.29 is 9.90 Å². The Hall–Kier alpha value is -1.35. The summed E-state index contributed by atoms with van der Waals surface area (Å²) in [6, 6.07) is 7.20. The number of benzene rings is 1. The normalized spacial score (nSPS) is 12.8. The fraction of sp³-hybridized carbons (Fsp3) is 0.462. The molecule has 1 aromatic rings. The number of aromatic carboxylic acids is 1. The van der Waals surface area contributed by atoms with Crippen LogP contribution in [0.5, 0.6) is 0 Å². The van der Waals surface area contributed by atoms with E-state index in [2.05, 4.69) is 19.2 Å². The molecular formula is C13H19NO2. The van der Waals surface area contributed by atoms with Gasteiger partial charge in [0.15, 0.2) is 0 Å². The van der Waals surface area contributed by atoms with Gasteiger partial charge in [-0.25, -0.2) is 4.79 Å². The van der Waals surface area contributed by atoms with Crippen LogP contribution >= 0.6 is 0 Å². The molecule has 0 aliphatic carbocycles. The zero-order valence-electron chi connectivity index (χ0n) is 10.0. The van der Waals surface area contributed by atoms with Gasteiger partial charge in [-0.05, 0) is 36.6 Å². The van der Waals surface area contributed by atoms with Gasteiger partial charge in [0.2, 0.25) is 0 Å². The number of carbonyl (C=O) groups is 1. The van der Waals surface area contributed by atoms with Gasteiger partial charge in [0.1, 0.15) is 0 Å². The maximum absolute atomic E-state index is 10.9. The maximum atomic E-state index is 10.9. The van der Waals surface area contributed by atoms with Gasteiger partial charge in [0.25, 0.3) is 0 Å². The second-order valence-electron chi connectivity index (χ2n) is 4.34. The van der Waals surface area contributed by atoms with E-state index in [9.17, 15) is 4.79 Å². The first-order chi connectivity index (χ1) is 7.56. The molecule has 0 radical (unpaired) electrons. The highest BCUT2D eigenvalue weighted by atomic mass is 16.4. The Balaban J connectivity index is 3.00. The minimum Gasteiger partial charge on any atom is -0.478 e. The molecule has 3 nitrogen and oxygen atoms in total. The molecule has 0 fully saturated rings. The Kier molecular flexibility index (Phi) is 4.50. The molecule has 1 atom stereocenters. The van der Waals surface area contributed by atoms with Gasteiger partial charge in [0.05, 0.1) is 5.56 Å². The molecule has 0 saturated heterocycles. The summed E-state index contributed by atoms with van der Waals surface area (Å²) in [7, 11) is 1.91. The molecule has 88 valence electrons. The van der Waals surface area contributed by atoms with Gasteiger partial charge < -0.3 is 10.4 Å². The van der Waals surface area contributed by atoms with Crippen LogP contribution in [-0.2, 0) is 0 Å². The number of rotatable bonds is 5. The Morgan fingerprint density at radius 3 is 2.62 bits per heavy atom. The molecule has 3 heteroatoms. The molecule has 0 aromatic heterocycles. The van der Waals surface area contributed by atoms with Gasteiger partial charge >= 0.3 is 5.97 Å². The molecule has 1 rings (SSSR count). The van der Waals surface area contributed by atoms with Crippen molar-refractivity contribution in [3.63, 3.8) is 0 Å². The van der Waals surface area contributed by atoms with Crippen molar-refractivity contribution >= 4 is 5.97 Å². The number of nitrogens with one attached hydrogen (secondary N) is 1. The van der Waals surface area contributed by atoms with Gasteiger partial charge in [-0.2, -0.15) is 0 Å². The van der Waals surface area contributed by atoms with Crippen molar-refractivity contribution in [3.05, 3.63) is 35.4 Å². The first-order valence-electron chi connectivity index (χ1n) is 5.54. The Morgan fingerprint density at radius 2 is 2.12 bits per heavy atom. The minimum absolute atomic E-state index is 0.351. The molecule has 16 heavy (non-hydrogen) atoms. The van der Waals surface area contributed by atoms with E-state index >= 15 is 0 Å². The second-order valence-corrected chi connectivity index (χ2v) is 4.34. The highest BCUT2D eigenvalue weighted by Gasteiger charge is 2.16. The van der Waals surface area contributed by atoms with E-state index in [0.29, 0.717) is 17.4 Å². The molecule has 0 saturated carbocycles. The van der Waals surface area contributed by atoms with E-state index in [0.717, 1.165) is 12.1 Å². The number of likely N-dealkylation sites (N-methyl/N-ethyl adjacent to an activating group) is 1. The first kappa shape index (κ1) is 12.7. The summed E-state index contributed by atoms with van der Waals surface area (Å²) >= 11 is 0. The molecule has 0 heterocycles. The fourth-order valence-electron chi connectivity index (χ4n) is 1.86. The number of hydrogen-bond donors (Lipinski definition) is 2. The highest BCUT2D eigenvalue weighted by Crippen LogP contribution is 2.24. The summed E-state index contributed by atoms with van der Waals surface area (Å²) in [5, 5.41) is 12.1. The second kappa shape index (κ2) is 5.66. The van der Waals surface area contributed by atoms with Crippen LogP contribution in [0.1, 0.15) is 35.7 Å². The van der Waals surface area contributed by atoms with E-state index < -0.39 is 5.97 Å². The van der Waals surface area contributed by atoms with E-state index in [-0.39, 0.29) is 0 Å². The first-order valence-corrected chi connectivity index (χ1v) is 5.54. The van der Waals surface area contributed by atoms with Crippen LogP contribution in [0.4, 0.5) is 0 Å². The number of carboxylic acid groups (broad SMARTS) is 1. The number of hydrogen-bond acceptors (Lipinski definition) is 2. The Bertz CT molecular complexity index is 361. The predicted octanol–water partition coefficient (Wildman–Crippen LogP) is 2.34. The highest BCUT2D eigenvalue weighted by molar-refractivity contribution is 5.87. The lowest BCUT2D eigenvalue weighted by atomic mass is 9.87. The third-order valence-corrected chi connectivity index (χ3v) is 2.79. The third-order valence-electron chi connectivity index (χ3n) is 2.79. The zero-order valence-corrected chi connectivity index (χ0v) is 10.0. The lowest BCUT2D eigenvalue weighted by Crippen LogP contribution is -2.21. The largest absolute Gasteiger partial charge is 0.478 e. The summed E-state index contributed by atoms with van der Waals surface area (Å²) < 4.78 is 0. The molecule has 0 aliphatic heterocycles. The molecular weight excluding hydrogens is 202 g/mol. The van der Waals surface area contributed by atoms with Crippen LogP contribution in [0.2, 0.25) is 0 Å². The van der Waals surface area contributed by atoms with Gasteiger partial charge in [-0.1, -0.05) is 26.0 Å². The zero-order chi connectivity index (χ0) is 12.1. The quantitative estimate of drug-likeness (QED) is 0.802. The average molecular weight is 221 g/mol. The van der Waals surface area contributed by atoms with Crippen LogP contribution in [0.3, 0.4) is 0 Å². The lowest BCUT2D eigenvalue weighted by Gasteiger charge is -2.21. The lowest BCUT2D eigenvalue weighted by molar-refractivity contribution is 0.0696. The van der Waals surface area contributed by atoms with Gasteiger partial charge in [-0.15, -0.1) is 0 Å².